The van der Waals surface area contributed by atoms with Crippen molar-refractivity contribution < 1.29 is 4.74 Å². The number of hydrogen-bond donors (Lipinski definition) is 1. The van der Waals surface area contributed by atoms with Gasteiger partial charge in [0.1, 0.15) is 0 Å². The maximum atomic E-state index is 5.34. The van der Waals surface area contributed by atoms with Crippen molar-refractivity contribution in [1.29, 1.82) is 0 Å². The molecule has 1 aromatic rings. The van der Waals surface area contributed by atoms with E-state index >= 15 is 0 Å². The first kappa shape index (κ1) is 21.0. The van der Waals surface area contributed by atoms with Crippen LogP contribution in [0.25, 0.3) is 0 Å². The normalized spacial score (nSPS) is 14.6. The zero-order valence-electron chi connectivity index (χ0n) is 15.0. The minimum atomic E-state index is 0. The van der Waals surface area contributed by atoms with E-state index < -0.39 is 0 Å². The first-order chi connectivity index (χ1) is 11.2. The van der Waals surface area contributed by atoms with Crippen LogP contribution in [0.1, 0.15) is 30.9 Å². The lowest BCUT2D eigenvalue weighted by molar-refractivity contribution is 0.153. The second-order valence-corrected chi connectivity index (χ2v) is 5.94. The Morgan fingerprint density at radius 3 is 2.54 bits per heavy atom. The molecule has 5 heteroatoms. The topological polar surface area (TPSA) is 36.9 Å². The molecule has 0 aliphatic carbocycles. The van der Waals surface area contributed by atoms with Crippen molar-refractivity contribution in [2.45, 2.75) is 32.7 Å². The molecule has 0 saturated carbocycles. The molecular formula is C19H30IN3O. The lowest BCUT2D eigenvalue weighted by atomic mass is 10.1. The molecule has 2 rings (SSSR count). The standard InChI is InChI=1S/C19H29N3O.HI/c1-4-16-5-7-18(8-6-16)15-22(3)19(20-2)21-12-9-17-10-13-23-14-11-17;/h5-8,10H,4,9,11-15H2,1-3H3,(H,20,21);1H. The average Bonchev–Trinajstić information content (AvgIpc) is 2.60. The number of rotatable bonds is 6. The number of nitrogens with zero attached hydrogens (tertiary/aromatic N) is 2. The molecule has 0 radical (unpaired) electrons. The number of benzene rings is 1. The van der Waals surface area contributed by atoms with Gasteiger partial charge >= 0.3 is 0 Å². The highest BCUT2D eigenvalue weighted by atomic mass is 127. The van der Waals surface area contributed by atoms with Crippen LogP contribution in [0.2, 0.25) is 0 Å². The van der Waals surface area contributed by atoms with Gasteiger partial charge in [-0.2, -0.15) is 0 Å². The fourth-order valence-corrected chi connectivity index (χ4v) is 2.74. The summed E-state index contributed by atoms with van der Waals surface area (Å²) in [7, 11) is 3.92. The SMILES string of the molecule is CCc1ccc(CN(C)C(=NC)NCCC2=CCOCC2)cc1.I. The Morgan fingerprint density at radius 2 is 1.96 bits per heavy atom. The zero-order valence-corrected chi connectivity index (χ0v) is 17.4. The molecule has 0 unspecified atom stereocenters. The minimum Gasteiger partial charge on any atom is -0.377 e. The predicted molar refractivity (Wildman–Crippen MR) is 112 cm³/mol. The molecular weight excluding hydrogens is 413 g/mol. The lowest BCUT2D eigenvalue weighted by Gasteiger charge is -2.23. The van der Waals surface area contributed by atoms with Crippen molar-refractivity contribution in [2.75, 3.05) is 33.9 Å². The van der Waals surface area contributed by atoms with Crippen LogP contribution in [-0.4, -0.2) is 44.7 Å². The van der Waals surface area contributed by atoms with Gasteiger partial charge in [-0.3, -0.25) is 4.99 Å². The summed E-state index contributed by atoms with van der Waals surface area (Å²) >= 11 is 0. The first-order valence-electron chi connectivity index (χ1n) is 8.48. The van der Waals surface area contributed by atoms with E-state index in [1.54, 1.807) is 0 Å². The predicted octanol–water partition coefficient (Wildman–Crippen LogP) is 3.61. The van der Waals surface area contributed by atoms with E-state index in [1.807, 2.05) is 7.05 Å². The van der Waals surface area contributed by atoms with Crippen LogP contribution >= 0.6 is 24.0 Å². The fourth-order valence-electron chi connectivity index (χ4n) is 2.74. The van der Waals surface area contributed by atoms with Gasteiger partial charge in [-0.1, -0.05) is 42.8 Å². The molecule has 0 aromatic heterocycles. The van der Waals surface area contributed by atoms with Crippen molar-refractivity contribution >= 4 is 29.9 Å². The summed E-state index contributed by atoms with van der Waals surface area (Å²) in [5, 5.41) is 3.45. The highest BCUT2D eigenvalue weighted by Gasteiger charge is 2.08. The molecule has 1 heterocycles. The van der Waals surface area contributed by atoms with Crippen LogP contribution in [0.3, 0.4) is 0 Å². The van der Waals surface area contributed by atoms with Crippen LogP contribution < -0.4 is 5.32 Å². The van der Waals surface area contributed by atoms with Gasteiger partial charge < -0.3 is 15.0 Å². The van der Waals surface area contributed by atoms with Crippen molar-refractivity contribution in [3.05, 3.63) is 47.0 Å². The summed E-state index contributed by atoms with van der Waals surface area (Å²) in [6, 6.07) is 8.82. The van der Waals surface area contributed by atoms with Gasteiger partial charge in [-0.25, -0.2) is 0 Å². The number of nitrogens with one attached hydrogen (secondary N) is 1. The number of hydrogen-bond acceptors (Lipinski definition) is 2. The molecule has 24 heavy (non-hydrogen) atoms. The van der Waals surface area contributed by atoms with Gasteiger partial charge in [0.2, 0.25) is 0 Å². The molecule has 0 amide bonds. The first-order valence-corrected chi connectivity index (χ1v) is 8.48. The molecule has 1 aliphatic heterocycles. The summed E-state index contributed by atoms with van der Waals surface area (Å²) in [5.74, 6) is 0.942. The van der Waals surface area contributed by atoms with Crippen LogP contribution in [0.15, 0.2) is 40.9 Å². The molecule has 0 atom stereocenters. The number of halogens is 1. The summed E-state index contributed by atoms with van der Waals surface area (Å²) in [5.41, 5.74) is 4.17. The van der Waals surface area contributed by atoms with Crippen molar-refractivity contribution in [2.24, 2.45) is 4.99 Å². The third kappa shape index (κ3) is 6.81. The summed E-state index contributed by atoms with van der Waals surface area (Å²) in [4.78, 5) is 6.55. The molecule has 1 aliphatic rings. The van der Waals surface area contributed by atoms with E-state index in [0.29, 0.717) is 0 Å². The van der Waals surface area contributed by atoms with Gasteiger partial charge in [0.15, 0.2) is 5.96 Å². The Hall–Kier alpha value is -1.08. The van der Waals surface area contributed by atoms with E-state index in [4.69, 9.17) is 4.74 Å². The molecule has 0 fully saturated rings. The zero-order chi connectivity index (χ0) is 16.5. The third-order valence-corrected chi connectivity index (χ3v) is 4.21. The summed E-state index contributed by atoms with van der Waals surface area (Å²) in [6.45, 7) is 5.57. The fraction of sp³-hybridized carbons (Fsp3) is 0.526. The molecule has 0 spiro atoms. The van der Waals surface area contributed by atoms with Crippen molar-refractivity contribution in [1.82, 2.24) is 10.2 Å². The van der Waals surface area contributed by atoms with E-state index in [0.717, 1.165) is 51.5 Å². The monoisotopic (exact) mass is 443 g/mol. The van der Waals surface area contributed by atoms with Gasteiger partial charge in [0.25, 0.3) is 0 Å². The van der Waals surface area contributed by atoms with Crippen molar-refractivity contribution in [3.63, 3.8) is 0 Å². The smallest absolute Gasteiger partial charge is 0.193 e. The minimum absolute atomic E-state index is 0. The summed E-state index contributed by atoms with van der Waals surface area (Å²) in [6.07, 6.45) is 5.40. The Kier molecular flexibility index (Phi) is 10.0. The second kappa shape index (κ2) is 11.5. The molecule has 1 N–H and O–H groups in total. The van der Waals surface area contributed by atoms with Gasteiger partial charge in [0.05, 0.1) is 13.2 Å². The van der Waals surface area contributed by atoms with Gasteiger partial charge in [-0.05, 0) is 30.4 Å². The van der Waals surface area contributed by atoms with Gasteiger partial charge in [0, 0.05) is 27.2 Å². The number of ether oxygens (including phenoxy) is 1. The Bertz CT molecular complexity index is 540. The van der Waals surface area contributed by atoms with Crippen LogP contribution in [-0.2, 0) is 17.7 Å². The second-order valence-electron chi connectivity index (χ2n) is 5.94. The molecule has 134 valence electrons. The molecule has 0 saturated heterocycles. The molecule has 1 aromatic carbocycles. The van der Waals surface area contributed by atoms with E-state index in [2.05, 4.69) is 59.5 Å². The summed E-state index contributed by atoms with van der Waals surface area (Å²) < 4.78 is 5.34. The average molecular weight is 443 g/mol. The quantitative estimate of drug-likeness (QED) is 0.316. The van der Waals surface area contributed by atoms with E-state index in [9.17, 15) is 0 Å². The number of aryl methyl sites for hydroxylation is 1. The Morgan fingerprint density at radius 1 is 1.25 bits per heavy atom. The van der Waals surface area contributed by atoms with Crippen LogP contribution in [0.5, 0.6) is 0 Å². The van der Waals surface area contributed by atoms with Crippen molar-refractivity contribution in [3.8, 4) is 0 Å². The highest BCUT2D eigenvalue weighted by Crippen LogP contribution is 2.11. The number of guanidine groups is 1. The van der Waals surface area contributed by atoms with E-state index in [1.165, 1.54) is 16.7 Å². The van der Waals surface area contributed by atoms with Crippen LogP contribution in [0, 0.1) is 0 Å². The molecule has 0 bridgehead atoms. The highest BCUT2D eigenvalue weighted by molar-refractivity contribution is 14.0. The number of aliphatic imine (C=N–C) groups is 1. The van der Waals surface area contributed by atoms with Crippen LogP contribution in [0.4, 0.5) is 0 Å². The Labute approximate surface area is 163 Å². The molecule has 4 nitrogen and oxygen atoms in total. The van der Waals surface area contributed by atoms with E-state index in [-0.39, 0.29) is 24.0 Å². The van der Waals surface area contributed by atoms with Gasteiger partial charge in [-0.15, -0.1) is 24.0 Å². The maximum absolute atomic E-state index is 5.34. The lowest BCUT2D eigenvalue weighted by Crippen LogP contribution is -2.39. The third-order valence-electron chi connectivity index (χ3n) is 4.21. The maximum Gasteiger partial charge on any atom is 0.193 e. The Balaban J connectivity index is 0.00000288. The largest absolute Gasteiger partial charge is 0.377 e.